The monoisotopic (exact) mass is 914 g/mol. The molecular weight excluding hydrogens is 869 g/mol. The number of rotatable bonds is 21. The number of phosphoric acid groups is 2. The molecule has 0 aliphatic carbocycles. The lowest BCUT2D eigenvalue weighted by atomic mass is 9.96. The predicted octanol–water partition coefficient (Wildman–Crippen LogP) is -3.94. The third-order valence-electron chi connectivity index (χ3n) is 8.76. The molecule has 12 N–H and O–H groups in total. The Balaban J connectivity index is 1.73. The molecule has 28 nitrogen and oxygen atoms in total. The van der Waals surface area contributed by atoms with Crippen LogP contribution in [0, 0.1) is 5.92 Å². The summed E-state index contributed by atoms with van der Waals surface area (Å²) in [6.45, 7) is 0.775. The second-order valence-electron chi connectivity index (χ2n) is 13.3. The first-order chi connectivity index (χ1) is 27.2. The Morgan fingerprint density at radius 3 is 2.17 bits per heavy atom. The van der Waals surface area contributed by atoms with E-state index in [2.05, 4.69) is 19.5 Å². The van der Waals surface area contributed by atoms with Crippen molar-refractivity contribution in [1.29, 1.82) is 0 Å². The summed E-state index contributed by atoms with van der Waals surface area (Å²) in [4.78, 5) is 104. The van der Waals surface area contributed by atoms with Crippen molar-refractivity contribution >= 4 is 46.8 Å². The lowest BCUT2D eigenvalue weighted by Gasteiger charge is -2.44. The van der Waals surface area contributed by atoms with Gasteiger partial charge in [-0.15, -0.1) is 0 Å². The van der Waals surface area contributed by atoms with Gasteiger partial charge in [-0.1, -0.05) is 0 Å². The zero-order chi connectivity index (χ0) is 44.8. The number of aliphatic hydroxyl groups is 4. The number of nitrogens with one attached hydrogen (secondary N) is 3. The molecule has 2 aliphatic rings. The molecule has 0 radical (unpaired) electrons. The van der Waals surface area contributed by atoms with Gasteiger partial charge in [0.15, 0.2) is 12.5 Å². The highest BCUT2D eigenvalue weighted by Crippen LogP contribution is 2.61. The second-order valence-corrected chi connectivity index (χ2v) is 18.9. The molecule has 2 amide bonds. The maximum absolute atomic E-state index is 13.1. The van der Waals surface area contributed by atoms with Gasteiger partial charge in [0.25, 0.3) is 5.56 Å². The summed E-state index contributed by atoms with van der Waals surface area (Å²) in [7, 11) is -16.2. The number of carbonyl (C=O) groups is 4. The number of carbonyl (C=O) groups excluding carboxylic acids is 2. The summed E-state index contributed by atoms with van der Waals surface area (Å²) in [5.41, 5.74) is -1.86. The van der Waals surface area contributed by atoms with Crippen LogP contribution in [0.5, 0.6) is 0 Å². The molecule has 31 heteroatoms. The minimum absolute atomic E-state index is 0.499. The quantitative estimate of drug-likeness (QED) is 0.0524. The third kappa shape index (κ3) is 13.9. The Morgan fingerprint density at radius 2 is 1.61 bits per heavy atom. The molecule has 15 atom stereocenters. The minimum Gasteiger partial charge on any atom is -0.481 e. The molecule has 0 spiro atoms. The summed E-state index contributed by atoms with van der Waals surface area (Å²) < 4.78 is 69.5. The van der Waals surface area contributed by atoms with Crippen molar-refractivity contribution < 1.29 is 106 Å². The number of nitrogens with zero attached hydrogens (tertiary/aromatic N) is 1. The smallest absolute Gasteiger partial charge is 0.481 e. The average Bonchev–Trinajstić information content (AvgIpc) is 3.39. The largest absolute Gasteiger partial charge is 0.483 e. The van der Waals surface area contributed by atoms with Gasteiger partial charge < -0.3 is 70.2 Å². The van der Waals surface area contributed by atoms with Crippen molar-refractivity contribution in [3.63, 3.8) is 0 Å². The Morgan fingerprint density at radius 1 is 0.966 bits per heavy atom. The number of amides is 2. The third-order valence-corrected chi connectivity index (χ3v) is 13.7. The van der Waals surface area contributed by atoms with Crippen molar-refractivity contribution in [2.45, 2.75) is 101 Å². The number of aliphatic hydroxyl groups excluding tert-OH is 4. The number of H-pyrrole nitrogens is 1. The molecule has 59 heavy (non-hydrogen) atoms. The Hall–Kier alpha value is -3.27. The first-order valence-corrected chi connectivity index (χ1v) is 22.1. The van der Waals surface area contributed by atoms with Crippen LogP contribution in [0.1, 0.15) is 39.8 Å². The molecule has 1 aromatic rings. The number of hydrogen-bond donors (Lipinski definition) is 12. The van der Waals surface area contributed by atoms with Gasteiger partial charge in [-0.2, -0.15) is 4.31 Å². The van der Waals surface area contributed by atoms with Crippen LogP contribution in [0.2, 0.25) is 0 Å². The first-order valence-electron chi connectivity index (χ1n) is 17.1. The highest BCUT2D eigenvalue weighted by atomic mass is 31.3. The number of ether oxygens (including phenoxy) is 3. The Bertz CT molecular complexity index is 1950. The Kier molecular flexibility index (Phi) is 17.4. The molecular formula is C28H45N4O24P3. The summed E-state index contributed by atoms with van der Waals surface area (Å²) in [6, 6.07) is -1.02. The molecule has 2 aliphatic heterocycles. The fourth-order valence-electron chi connectivity index (χ4n) is 5.69. The van der Waals surface area contributed by atoms with E-state index in [1.54, 1.807) is 0 Å². The highest BCUT2D eigenvalue weighted by Gasteiger charge is 2.52. The minimum atomic E-state index is -5.90. The molecule has 2 fully saturated rings. The molecule has 9 unspecified atom stereocenters. The molecule has 0 bridgehead atoms. The lowest BCUT2D eigenvalue weighted by molar-refractivity contribution is -0.261. The number of aliphatic carboxylic acids is 2. The predicted molar refractivity (Wildman–Crippen MR) is 189 cm³/mol. The molecule has 2 saturated heterocycles. The number of phosphoric ester groups is 2. The zero-order valence-electron chi connectivity index (χ0n) is 31.1. The molecule has 0 aromatic carbocycles. The van der Waals surface area contributed by atoms with Crippen LogP contribution >= 0.6 is 23.0 Å². The van der Waals surface area contributed by atoms with E-state index in [9.17, 15) is 82.7 Å². The van der Waals surface area contributed by atoms with E-state index in [0.717, 1.165) is 33.0 Å². The van der Waals surface area contributed by atoms with Crippen LogP contribution in [0.15, 0.2) is 21.9 Å². The maximum Gasteiger partial charge on any atom is 0.483 e. The van der Waals surface area contributed by atoms with Gasteiger partial charge in [-0.25, -0.2) is 13.9 Å². The summed E-state index contributed by atoms with van der Waals surface area (Å²) in [5, 5.41) is 64.1. The average molecular weight is 915 g/mol. The summed E-state index contributed by atoms with van der Waals surface area (Å²) in [5.74, 6) is -8.25. The van der Waals surface area contributed by atoms with Gasteiger partial charge in [-0.05, 0) is 20.3 Å². The fourth-order valence-corrected chi connectivity index (χ4v) is 9.47. The number of aromatic amines is 1. The van der Waals surface area contributed by atoms with Gasteiger partial charge in [0.1, 0.15) is 54.6 Å². The molecule has 3 rings (SSSR count). The van der Waals surface area contributed by atoms with E-state index in [1.807, 2.05) is 4.98 Å². The summed E-state index contributed by atoms with van der Waals surface area (Å²) >= 11 is 0. The van der Waals surface area contributed by atoms with Crippen LogP contribution in [-0.2, 0) is 60.4 Å². The van der Waals surface area contributed by atoms with Crippen LogP contribution in [0.4, 0.5) is 0 Å². The van der Waals surface area contributed by atoms with Gasteiger partial charge in [0.05, 0.1) is 19.1 Å². The lowest BCUT2D eigenvalue weighted by Crippen LogP contribution is -2.66. The maximum atomic E-state index is 13.1. The van der Waals surface area contributed by atoms with Crippen molar-refractivity contribution in [2.75, 3.05) is 19.4 Å². The van der Waals surface area contributed by atoms with Crippen LogP contribution in [-0.4, -0.2) is 159 Å². The molecule has 0 saturated carbocycles. The number of hydrogen-bond acceptors (Lipinski definition) is 19. The van der Waals surface area contributed by atoms with E-state index in [0.29, 0.717) is 4.57 Å². The van der Waals surface area contributed by atoms with Crippen LogP contribution in [0.3, 0.4) is 0 Å². The molecule has 1 aromatic heterocycles. The van der Waals surface area contributed by atoms with Gasteiger partial charge in [-0.3, -0.25) is 47.1 Å². The first kappa shape index (κ1) is 50.1. The standard InChI is InChI=1S/C28H45N4O24P3/c1-11(24(41)30-13(3)57(45,46)10-14(26(42)43)4-5-18(36)37)52-23-19(29-12(2)34)27(54-15(8-33)21(23)39)55-59(49,50)56-58(47,48)51-9-16-20(38)22(40)25(53-16)32-7-6-17(35)31-28(32)44/h6-7,11,13-16,19-23,25,27,33,38-40H,4-5,8-10H2,1-3H3,(H,29,34)(H,30,41)(H,36,37)(H,42,43)(H,45,46)(H,47,48)(H,49,50)(H,31,35,44)/t11-,13+,14?,15-,16?,19-,20?,21-,22?,23-,25?,27?/m1/s1. The molecule has 336 valence electrons. The topological polar surface area (TPSA) is 436 Å². The van der Waals surface area contributed by atoms with Crippen molar-refractivity contribution in [3.8, 4) is 0 Å². The van der Waals surface area contributed by atoms with Gasteiger partial charge in [0, 0.05) is 31.8 Å². The molecule has 3 heterocycles. The SMILES string of the molecule is CC(=O)N[C@H]1C(OP(=O)(O)OP(=O)(O)OCC2OC(n3ccc(=O)[nH]c3=O)C(O)C2O)O[C@H](CO)[C@@H](O)[C@@H]1O[C@H](C)C(=O)N[C@H](C)P(=O)(O)CC(CCC(=O)O)C(=O)O. The van der Waals surface area contributed by atoms with E-state index < -0.39 is 163 Å². The van der Waals surface area contributed by atoms with Gasteiger partial charge >= 0.3 is 33.3 Å². The van der Waals surface area contributed by atoms with Crippen molar-refractivity contribution in [2.24, 2.45) is 5.92 Å². The number of carboxylic acids is 2. The normalized spacial score (nSPS) is 30.4. The number of aromatic nitrogens is 2. The van der Waals surface area contributed by atoms with E-state index in [-0.39, 0.29) is 0 Å². The van der Waals surface area contributed by atoms with E-state index in [4.69, 9.17) is 23.8 Å². The second kappa shape index (κ2) is 20.5. The van der Waals surface area contributed by atoms with E-state index >= 15 is 0 Å². The number of carboxylic acid groups (broad SMARTS) is 2. The highest BCUT2D eigenvalue weighted by molar-refractivity contribution is 7.61. The van der Waals surface area contributed by atoms with Crippen molar-refractivity contribution in [1.82, 2.24) is 20.2 Å². The van der Waals surface area contributed by atoms with Gasteiger partial charge in [0.2, 0.25) is 19.2 Å². The fraction of sp³-hybridized carbons (Fsp3) is 0.714. The van der Waals surface area contributed by atoms with Crippen LogP contribution in [0.25, 0.3) is 0 Å². The van der Waals surface area contributed by atoms with E-state index in [1.165, 1.54) is 0 Å². The van der Waals surface area contributed by atoms with Crippen LogP contribution < -0.4 is 21.9 Å². The van der Waals surface area contributed by atoms with Crippen molar-refractivity contribution in [3.05, 3.63) is 33.1 Å². The zero-order valence-corrected chi connectivity index (χ0v) is 33.7. The summed E-state index contributed by atoms with van der Waals surface area (Å²) in [6.07, 6.45) is -18.0. The Labute approximate surface area is 331 Å².